The van der Waals surface area contributed by atoms with E-state index in [2.05, 4.69) is 0 Å². The highest BCUT2D eigenvalue weighted by molar-refractivity contribution is 8.00. The number of alkyl halides is 3. The molecule has 0 saturated carbocycles. The van der Waals surface area contributed by atoms with E-state index in [-0.39, 0.29) is 82.6 Å². The molecule has 0 aromatic heterocycles. The summed E-state index contributed by atoms with van der Waals surface area (Å²) in [4.78, 5) is 48.1. The molecule has 2 bridgehead atoms. The van der Waals surface area contributed by atoms with Crippen LogP contribution in [0.2, 0.25) is 0 Å². The van der Waals surface area contributed by atoms with Gasteiger partial charge < -0.3 is 44.9 Å². The SMILES string of the molecule is CC(=O)[C@@H](N)CSC1CC(=O)N(CCOCCOCCOC[C@@]23CO[C@@H](O2)[C@@H](NC(=O)C(F)(F)F)[C@@H](O)[C@H]3O)C1=O. The lowest BCUT2D eigenvalue weighted by molar-refractivity contribution is -0.240. The summed E-state index contributed by atoms with van der Waals surface area (Å²) in [6, 6.07) is -2.32. The Morgan fingerprint density at radius 2 is 1.80 bits per heavy atom. The average Bonchev–Trinajstić information content (AvgIpc) is 3.43. The van der Waals surface area contributed by atoms with Crippen molar-refractivity contribution >= 4 is 35.3 Å². The summed E-state index contributed by atoms with van der Waals surface area (Å²) in [6.07, 6.45) is -10.0. The van der Waals surface area contributed by atoms with Crippen LogP contribution in [0.25, 0.3) is 0 Å². The van der Waals surface area contributed by atoms with E-state index >= 15 is 0 Å². The fourth-order valence-electron chi connectivity index (χ4n) is 4.27. The molecular formula is C23H34F3N3O11S. The smallest absolute Gasteiger partial charge is 0.388 e. The van der Waals surface area contributed by atoms with E-state index in [9.17, 15) is 42.6 Å². The topological polar surface area (TPSA) is 196 Å². The molecule has 0 aromatic carbocycles. The number of imide groups is 1. The minimum atomic E-state index is -5.19. The van der Waals surface area contributed by atoms with E-state index < -0.39 is 53.5 Å². The third-order valence-electron chi connectivity index (χ3n) is 6.67. The van der Waals surface area contributed by atoms with Crippen molar-refractivity contribution in [2.24, 2.45) is 5.73 Å². The largest absolute Gasteiger partial charge is 0.471 e. The van der Waals surface area contributed by atoms with Crippen LogP contribution in [0.4, 0.5) is 13.2 Å². The van der Waals surface area contributed by atoms with Gasteiger partial charge in [-0.3, -0.25) is 24.1 Å². The number of nitrogens with one attached hydrogen (secondary N) is 1. The Kier molecular flexibility index (Phi) is 11.9. The number of carbonyl (C=O) groups is 4. The highest BCUT2D eigenvalue weighted by Gasteiger charge is 2.60. The number of likely N-dealkylation sites (tertiary alicyclic amines) is 1. The molecule has 3 amide bonds. The van der Waals surface area contributed by atoms with Crippen LogP contribution >= 0.6 is 11.8 Å². The van der Waals surface area contributed by atoms with Gasteiger partial charge in [-0.2, -0.15) is 13.2 Å². The number of hydrogen-bond acceptors (Lipinski definition) is 13. The van der Waals surface area contributed by atoms with Gasteiger partial charge >= 0.3 is 12.1 Å². The minimum absolute atomic E-state index is 0.0377. The zero-order valence-electron chi connectivity index (χ0n) is 22.2. The van der Waals surface area contributed by atoms with Crippen molar-refractivity contribution in [3.05, 3.63) is 0 Å². The normalized spacial score (nSPS) is 30.6. The van der Waals surface area contributed by atoms with Gasteiger partial charge in [0.05, 0.1) is 64.1 Å². The summed E-state index contributed by atoms with van der Waals surface area (Å²) in [5.74, 6) is -2.90. The molecule has 7 atom stereocenters. The maximum Gasteiger partial charge on any atom is 0.471 e. The molecule has 3 heterocycles. The van der Waals surface area contributed by atoms with Gasteiger partial charge in [0.25, 0.3) is 0 Å². The molecule has 1 unspecified atom stereocenters. The van der Waals surface area contributed by atoms with Crippen molar-refractivity contribution in [1.29, 1.82) is 0 Å². The summed E-state index contributed by atoms with van der Waals surface area (Å²) in [5.41, 5.74) is 4.14. The highest BCUT2D eigenvalue weighted by atomic mass is 32.2. The predicted octanol–water partition coefficient (Wildman–Crippen LogP) is -2.29. The van der Waals surface area contributed by atoms with Gasteiger partial charge in [0.15, 0.2) is 6.29 Å². The van der Waals surface area contributed by atoms with Crippen LogP contribution in [0.3, 0.4) is 0 Å². The van der Waals surface area contributed by atoms with Gasteiger partial charge in [0, 0.05) is 12.2 Å². The Labute approximate surface area is 237 Å². The molecule has 0 aromatic rings. The number of fused-ring (bicyclic) bond motifs is 2. The second-order valence-corrected chi connectivity index (χ2v) is 10.9. The summed E-state index contributed by atoms with van der Waals surface area (Å²) >= 11 is 1.18. The van der Waals surface area contributed by atoms with Crippen molar-refractivity contribution in [3.8, 4) is 0 Å². The first-order valence-electron chi connectivity index (χ1n) is 12.7. The lowest BCUT2D eigenvalue weighted by Gasteiger charge is -2.42. The molecule has 0 radical (unpaired) electrons. The van der Waals surface area contributed by atoms with Gasteiger partial charge in [0.1, 0.15) is 29.6 Å². The third kappa shape index (κ3) is 8.57. The third-order valence-corrected chi connectivity index (χ3v) is 8.00. The number of nitrogens with two attached hydrogens (primary N) is 1. The van der Waals surface area contributed by atoms with Gasteiger partial charge in [0.2, 0.25) is 11.8 Å². The molecule has 5 N–H and O–H groups in total. The van der Waals surface area contributed by atoms with Gasteiger partial charge in [-0.15, -0.1) is 11.8 Å². The summed E-state index contributed by atoms with van der Waals surface area (Å²) < 4.78 is 64.6. The van der Waals surface area contributed by atoms with Gasteiger partial charge in [-0.05, 0) is 6.92 Å². The van der Waals surface area contributed by atoms with Crippen molar-refractivity contribution < 1.29 is 66.2 Å². The molecule has 234 valence electrons. The van der Waals surface area contributed by atoms with Gasteiger partial charge in [-0.25, -0.2) is 0 Å². The standard InChI is InChI=1S/C23H34F3N3O11S/c1-12(30)13(27)9-41-14-8-15(31)29(19(14)34)2-3-36-4-5-37-6-7-38-10-22-11-39-20(40-22)16(17(32)18(22)33)28-21(35)23(24,25)26/h13-14,16-18,20,32-33H,2-11,27H2,1H3,(H,28,35)/t13-,14?,16-,17+,18+,20-,22-/m0/s1. The maximum absolute atomic E-state index is 12.6. The number of Topliss-reactive ketones (excluding diaryl/α,β-unsaturated/α-hetero) is 1. The van der Waals surface area contributed by atoms with Crippen molar-refractivity contribution in [2.45, 2.75) is 61.0 Å². The minimum Gasteiger partial charge on any atom is -0.388 e. The van der Waals surface area contributed by atoms with Crippen molar-refractivity contribution in [1.82, 2.24) is 10.2 Å². The monoisotopic (exact) mass is 617 g/mol. The molecule has 3 aliphatic heterocycles. The zero-order chi connectivity index (χ0) is 30.4. The second kappa shape index (κ2) is 14.5. The maximum atomic E-state index is 12.6. The molecule has 41 heavy (non-hydrogen) atoms. The summed E-state index contributed by atoms with van der Waals surface area (Å²) in [5, 5.41) is 21.7. The van der Waals surface area contributed by atoms with Crippen LogP contribution in [0.5, 0.6) is 0 Å². The van der Waals surface area contributed by atoms with Crippen LogP contribution in [0.1, 0.15) is 13.3 Å². The van der Waals surface area contributed by atoms with Crippen LogP contribution in [-0.2, 0) is 42.9 Å². The molecule has 0 aliphatic carbocycles. The number of rotatable bonds is 16. The molecule has 0 spiro atoms. The number of amides is 3. The average molecular weight is 618 g/mol. The number of nitrogens with zero attached hydrogens (tertiary/aromatic N) is 1. The predicted molar refractivity (Wildman–Crippen MR) is 132 cm³/mol. The number of ketones is 1. The van der Waals surface area contributed by atoms with Crippen molar-refractivity contribution in [2.75, 3.05) is 58.5 Å². The quantitative estimate of drug-likeness (QED) is 0.107. The molecule has 3 saturated heterocycles. The Hall–Kier alpha value is -1.90. The molecule has 18 heteroatoms. The Morgan fingerprint density at radius 3 is 2.44 bits per heavy atom. The van der Waals surface area contributed by atoms with E-state index in [1.165, 1.54) is 18.7 Å². The van der Waals surface area contributed by atoms with E-state index in [1.807, 2.05) is 0 Å². The Balaban J connectivity index is 1.26. The highest BCUT2D eigenvalue weighted by Crippen LogP contribution is 2.37. The number of aliphatic hydroxyl groups is 2. The lowest BCUT2D eigenvalue weighted by Crippen LogP contribution is -2.67. The van der Waals surface area contributed by atoms with Crippen molar-refractivity contribution in [3.63, 3.8) is 0 Å². The first-order chi connectivity index (χ1) is 19.3. The molecule has 3 rings (SSSR count). The van der Waals surface area contributed by atoms with Gasteiger partial charge in [-0.1, -0.05) is 0 Å². The van der Waals surface area contributed by atoms with Crippen LogP contribution in [0, 0.1) is 0 Å². The van der Waals surface area contributed by atoms with E-state index in [1.54, 1.807) is 5.32 Å². The number of carbonyl (C=O) groups excluding carboxylic acids is 4. The van der Waals surface area contributed by atoms with E-state index in [0.717, 1.165) is 4.90 Å². The van der Waals surface area contributed by atoms with Crippen LogP contribution in [-0.4, -0.2) is 145 Å². The first kappa shape index (κ1) is 33.6. The summed E-state index contributed by atoms with van der Waals surface area (Å²) in [6.45, 7) is 1.48. The van der Waals surface area contributed by atoms with E-state index in [4.69, 9.17) is 29.4 Å². The van der Waals surface area contributed by atoms with Crippen LogP contribution < -0.4 is 11.1 Å². The number of halogens is 3. The number of hydrogen-bond donors (Lipinski definition) is 4. The first-order valence-corrected chi connectivity index (χ1v) is 13.8. The molecule has 14 nitrogen and oxygen atoms in total. The number of ether oxygens (including phenoxy) is 5. The summed E-state index contributed by atoms with van der Waals surface area (Å²) in [7, 11) is 0. The molecule has 3 fully saturated rings. The molecular weight excluding hydrogens is 583 g/mol. The van der Waals surface area contributed by atoms with E-state index in [0.29, 0.717) is 0 Å². The zero-order valence-corrected chi connectivity index (χ0v) is 23.0. The number of thioether (sulfide) groups is 1. The number of aliphatic hydroxyl groups excluding tert-OH is 2. The molecule has 3 aliphatic rings. The lowest BCUT2D eigenvalue weighted by atomic mass is 9.88. The Bertz CT molecular complexity index is 962. The second-order valence-electron chi connectivity index (χ2n) is 9.70. The van der Waals surface area contributed by atoms with Crippen LogP contribution in [0.15, 0.2) is 0 Å². The fraction of sp³-hybridized carbons (Fsp3) is 0.826. The fourth-order valence-corrected chi connectivity index (χ4v) is 5.47. The Morgan fingerprint density at radius 1 is 1.17 bits per heavy atom.